The quantitative estimate of drug-likeness (QED) is 0.511. The Balaban J connectivity index is 0.000000395. The zero-order chi connectivity index (χ0) is 18.6. The van der Waals surface area contributed by atoms with E-state index in [4.69, 9.17) is 5.11 Å². The average Bonchev–Trinajstić information content (AvgIpc) is 2.70. The number of unbranched alkanes of at least 4 members (excludes halogenated alkanes) is 1. The van der Waals surface area contributed by atoms with Gasteiger partial charge >= 0.3 is 35.5 Å². The van der Waals surface area contributed by atoms with Crippen LogP contribution in [-0.4, -0.2) is 40.6 Å². The molecule has 3 rings (SSSR count). The Labute approximate surface area is 185 Å². The van der Waals surface area contributed by atoms with E-state index in [-0.39, 0.29) is 29.6 Å². The summed E-state index contributed by atoms with van der Waals surface area (Å²) in [6.45, 7) is 1.98. The van der Waals surface area contributed by atoms with Gasteiger partial charge in [0.15, 0.2) is 0 Å². The van der Waals surface area contributed by atoms with E-state index in [1.165, 1.54) is 15.9 Å². The zero-order valence-corrected chi connectivity index (χ0v) is 16.0. The average molecular weight is 388 g/mol. The smallest absolute Gasteiger partial charge is 0.0134 e. The van der Waals surface area contributed by atoms with Crippen LogP contribution in [0.1, 0.15) is 26.2 Å². The van der Waals surface area contributed by atoms with Gasteiger partial charge in [0.05, 0.1) is 0 Å². The summed E-state index contributed by atoms with van der Waals surface area (Å²) in [5.74, 6) is -0.693. The molecule has 0 amide bonds. The molecule has 2 nitrogen and oxygen atoms in total. The summed E-state index contributed by atoms with van der Waals surface area (Å²) < 4.78 is 0. The number of rotatable bonds is 6. The van der Waals surface area contributed by atoms with E-state index >= 15 is 0 Å². The van der Waals surface area contributed by atoms with Gasteiger partial charge in [-0.1, -0.05) is 104 Å². The molecule has 0 heterocycles. The topological polar surface area (TPSA) is 37.3 Å². The second-order valence-electron chi connectivity index (χ2n) is 5.84. The molecule has 0 aliphatic heterocycles. The standard InChI is InChI=1S/C18H15P.C5H10O2.Na.H/c1-4-10-16(11-5-1)19(17-12-6-2-7-13-17)18-14-8-3-9-15-18;1-2-3-4-5(6)7;;/h1-15H;2-4H2,1H3,(H,6,7);;. The van der Waals surface area contributed by atoms with Crippen molar-refractivity contribution in [1.29, 1.82) is 0 Å². The molecule has 0 fully saturated rings. The molecule has 0 aliphatic carbocycles. The van der Waals surface area contributed by atoms with Crippen LogP contribution in [0, 0.1) is 0 Å². The normalized spacial score (nSPS) is 9.70. The number of hydrogen-bond donors (Lipinski definition) is 1. The summed E-state index contributed by atoms with van der Waals surface area (Å²) in [4.78, 5) is 9.76. The Hall–Kier alpha value is -1.44. The fraction of sp³-hybridized carbons (Fsp3) is 0.174. The van der Waals surface area contributed by atoms with Crippen molar-refractivity contribution >= 4 is 59.4 Å². The SMILES string of the molecule is CCCCC(=O)O.[NaH].c1ccc(P(c2ccccc2)c2ccccc2)cc1. The maximum absolute atomic E-state index is 9.76. The van der Waals surface area contributed by atoms with E-state index in [0.717, 1.165) is 12.8 Å². The van der Waals surface area contributed by atoms with Crippen molar-refractivity contribution in [3.63, 3.8) is 0 Å². The van der Waals surface area contributed by atoms with E-state index in [9.17, 15) is 4.79 Å². The zero-order valence-electron chi connectivity index (χ0n) is 15.1. The van der Waals surface area contributed by atoms with Gasteiger partial charge in [0.1, 0.15) is 0 Å². The van der Waals surface area contributed by atoms with Gasteiger partial charge in [0.2, 0.25) is 0 Å². The largest absolute Gasteiger partial charge is 0.0622 e. The van der Waals surface area contributed by atoms with Crippen LogP contribution in [0.15, 0.2) is 91.0 Å². The molecule has 4 heteroatoms. The number of hydrogen-bond acceptors (Lipinski definition) is 1. The minimum absolute atomic E-state index is 0. The third kappa shape index (κ3) is 8.41. The second kappa shape index (κ2) is 13.7. The first kappa shape index (κ1) is 23.6. The van der Waals surface area contributed by atoms with E-state index in [0.29, 0.717) is 6.42 Å². The molecule has 0 aromatic heterocycles. The van der Waals surface area contributed by atoms with E-state index in [1.54, 1.807) is 0 Å². The van der Waals surface area contributed by atoms with Gasteiger partial charge in [-0.15, -0.1) is 0 Å². The summed E-state index contributed by atoms with van der Waals surface area (Å²) in [6.07, 6.45) is 2.08. The fourth-order valence-corrected chi connectivity index (χ4v) is 4.81. The Morgan fingerprint density at radius 1 is 0.741 bits per heavy atom. The number of carboxylic acid groups (broad SMARTS) is 1. The molecule has 0 bridgehead atoms. The Bertz CT molecular complexity index is 670. The summed E-state index contributed by atoms with van der Waals surface area (Å²) in [6, 6.07) is 32.3. The predicted molar refractivity (Wildman–Crippen MR) is 119 cm³/mol. The molecule has 136 valence electrons. The Morgan fingerprint density at radius 3 is 1.30 bits per heavy atom. The molecule has 0 radical (unpaired) electrons. The van der Waals surface area contributed by atoms with Crippen molar-refractivity contribution < 1.29 is 9.90 Å². The van der Waals surface area contributed by atoms with Crippen LogP contribution in [0.5, 0.6) is 0 Å². The number of carboxylic acids is 1. The maximum Gasteiger partial charge on any atom is -0.0134 e. The van der Waals surface area contributed by atoms with Gasteiger partial charge in [-0.25, -0.2) is 0 Å². The van der Waals surface area contributed by atoms with Gasteiger partial charge in [-0.3, -0.25) is 4.79 Å². The fourth-order valence-electron chi connectivity index (χ4n) is 2.51. The minimum Gasteiger partial charge on any atom is -0.0622 e. The second-order valence-corrected chi connectivity index (χ2v) is 8.06. The molecule has 0 saturated heterocycles. The summed E-state index contributed by atoms with van der Waals surface area (Å²) in [5.41, 5.74) is 0. The van der Waals surface area contributed by atoms with Gasteiger partial charge < -0.3 is 5.11 Å². The van der Waals surface area contributed by atoms with Crippen LogP contribution < -0.4 is 15.9 Å². The van der Waals surface area contributed by atoms with Crippen LogP contribution in [0.25, 0.3) is 0 Å². The molecule has 0 unspecified atom stereocenters. The number of carbonyl (C=O) groups is 1. The summed E-state index contributed by atoms with van der Waals surface area (Å²) in [5, 5.41) is 12.2. The van der Waals surface area contributed by atoms with Crippen LogP contribution in [-0.2, 0) is 4.79 Å². The van der Waals surface area contributed by atoms with Crippen molar-refractivity contribution in [2.75, 3.05) is 0 Å². The van der Waals surface area contributed by atoms with Crippen molar-refractivity contribution in [3.05, 3.63) is 91.0 Å². The molecule has 1 N–H and O–H groups in total. The van der Waals surface area contributed by atoms with Crippen molar-refractivity contribution in [3.8, 4) is 0 Å². The van der Waals surface area contributed by atoms with Gasteiger partial charge in [-0.2, -0.15) is 0 Å². The molecule has 3 aromatic carbocycles. The summed E-state index contributed by atoms with van der Waals surface area (Å²) in [7, 11) is -0.446. The van der Waals surface area contributed by atoms with Gasteiger partial charge in [0.25, 0.3) is 0 Å². The summed E-state index contributed by atoms with van der Waals surface area (Å²) >= 11 is 0. The minimum atomic E-state index is -0.693. The maximum atomic E-state index is 9.76. The van der Waals surface area contributed by atoms with Crippen molar-refractivity contribution in [1.82, 2.24) is 0 Å². The molecule has 0 saturated carbocycles. The monoisotopic (exact) mass is 388 g/mol. The van der Waals surface area contributed by atoms with Crippen molar-refractivity contribution in [2.45, 2.75) is 26.2 Å². The first-order chi connectivity index (χ1) is 12.7. The molecule has 0 spiro atoms. The Morgan fingerprint density at radius 2 is 1.07 bits per heavy atom. The number of benzene rings is 3. The van der Waals surface area contributed by atoms with Gasteiger partial charge in [-0.05, 0) is 30.3 Å². The molecular weight excluding hydrogens is 362 g/mol. The van der Waals surface area contributed by atoms with Crippen LogP contribution in [0.3, 0.4) is 0 Å². The molecule has 0 aliphatic rings. The number of aliphatic carboxylic acids is 1. The molecule has 3 aromatic rings. The van der Waals surface area contributed by atoms with Gasteiger partial charge in [0, 0.05) is 6.42 Å². The van der Waals surface area contributed by atoms with E-state index < -0.39 is 13.9 Å². The first-order valence-corrected chi connectivity index (χ1v) is 10.2. The third-order valence-electron chi connectivity index (χ3n) is 3.79. The van der Waals surface area contributed by atoms with E-state index in [1.807, 2.05) is 6.92 Å². The molecule has 27 heavy (non-hydrogen) atoms. The van der Waals surface area contributed by atoms with Crippen LogP contribution in [0.4, 0.5) is 0 Å². The first-order valence-electron chi connectivity index (χ1n) is 8.89. The predicted octanol–water partition coefficient (Wildman–Crippen LogP) is 4.06. The molecular formula is C23H26NaO2P. The van der Waals surface area contributed by atoms with E-state index in [2.05, 4.69) is 91.0 Å². The third-order valence-corrected chi connectivity index (χ3v) is 6.23. The molecule has 0 atom stereocenters. The Kier molecular flexibility index (Phi) is 12.0. The van der Waals surface area contributed by atoms with Crippen LogP contribution in [0.2, 0.25) is 0 Å². The van der Waals surface area contributed by atoms with Crippen molar-refractivity contribution in [2.24, 2.45) is 0 Å². The van der Waals surface area contributed by atoms with Crippen LogP contribution >= 0.6 is 7.92 Å².